The molecule has 0 spiro atoms. The Labute approximate surface area is 134 Å². The molecule has 0 amide bonds. The van der Waals surface area contributed by atoms with E-state index in [1.807, 2.05) is 30.3 Å². The smallest absolute Gasteiger partial charge is 0.344 e. The first-order valence-corrected chi connectivity index (χ1v) is 7.02. The van der Waals surface area contributed by atoms with Gasteiger partial charge >= 0.3 is 11.9 Å². The summed E-state index contributed by atoms with van der Waals surface area (Å²) >= 11 is 0. The summed E-state index contributed by atoms with van der Waals surface area (Å²) in [5.41, 5.74) is 1.83. The minimum Gasteiger partial charge on any atom is -0.482 e. The van der Waals surface area contributed by atoms with Gasteiger partial charge in [-0.05, 0) is 12.5 Å². The van der Waals surface area contributed by atoms with Crippen LogP contribution < -0.4 is 4.74 Å². The number of hydrogen-bond acceptors (Lipinski definition) is 5. The maximum absolute atomic E-state index is 12.1. The van der Waals surface area contributed by atoms with Gasteiger partial charge in [-0.3, -0.25) is 0 Å². The highest BCUT2D eigenvalue weighted by molar-refractivity contribution is 6.06. The molecule has 0 unspecified atom stereocenters. The molecule has 0 atom stereocenters. The van der Waals surface area contributed by atoms with E-state index in [0.29, 0.717) is 12.2 Å². The Kier molecular flexibility index (Phi) is 5.05. The molecule has 6 nitrogen and oxygen atoms in total. The summed E-state index contributed by atoms with van der Waals surface area (Å²) in [7, 11) is 3.97. The molecular formula is C17H19NO5. The van der Waals surface area contributed by atoms with Crippen LogP contribution >= 0.6 is 0 Å². The van der Waals surface area contributed by atoms with Crippen molar-refractivity contribution in [2.45, 2.75) is 13.5 Å². The number of methoxy groups -OCH3 is 3. The molecule has 0 radical (unpaired) electrons. The number of hydrogen-bond donors (Lipinski definition) is 0. The van der Waals surface area contributed by atoms with Gasteiger partial charge in [0.15, 0.2) is 0 Å². The summed E-state index contributed by atoms with van der Waals surface area (Å²) in [5, 5.41) is 0. The van der Waals surface area contributed by atoms with Crippen molar-refractivity contribution in [2.24, 2.45) is 0 Å². The van der Waals surface area contributed by atoms with Gasteiger partial charge in [-0.2, -0.15) is 0 Å². The van der Waals surface area contributed by atoms with Gasteiger partial charge < -0.3 is 18.8 Å². The van der Waals surface area contributed by atoms with E-state index in [0.717, 1.165) is 5.56 Å². The average molecular weight is 317 g/mol. The first kappa shape index (κ1) is 16.6. The third kappa shape index (κ3) is 3.06. The predicted octanol–water partition coefficient (Wildman–Crippen LogP) is 2.43. The SMILES string of the molecule is COC(=O)c1c(C(=O)OC)c(OC)n(Cc2ccccc2)c1C. The number of aromatic nitrogens is 1. The van der Waals surface area contributed by atoms with Gasteiger partial charge in [-0.15, -0.1) is 0 Å². The largest absolute Gasteiger partial charge is 0.482 e. The summed E-state index contributed by atoms with van der Waals surface area (Å²) in [4.78, 5) is 24.2. The Hall–Kier alpha value is -2.76. The molecule has 0 aliphatic rings. The van der Waals surface area contributed by atoms with Crippen molar-refractivity contribution in [1.29, 1.82) is 0 Å². The highest BCUT2D eigenvalue weighted by Gasteiger charge is 2.31. The Balaban J connectivity index is 2.64. The number of esters is 2. The molecule has 1 aromatic carbocycles. The van der Waals surface area contributed by atoms with E-state index in [1.165, 1.54) is 21.3 Å². The molecule has 0 N–H and O–H groups in total. The summed E-state index contributed by atoms with van der Waals surface area (Å²) in [6.45, 7) is 2.20. The zero-order valence-electron chi connectivity index (χ0n) is 13.6. The van der Waals surface area contributed by atoms with Gasteiger partial charge in [-0.1, -0.05) is 30.3 Å². The normalized spacial score (nSPS) is 10.3. The molecule has 6 heteroatoms. The van der Waals surface area contributed by atoms with Crippen LogP contribution in [0.4, 0.5) is 0 Å². The van der Waals surface area contributed by atoms with Gasteiger partial charge in [0.25, 0.3) is 0 Å². The Morgan fingerprint density at radius 2 is 1.52 bits per heavy atom. The van der Waals surface area contributed by atoms with Crippen LogP contribution in [-0.2, 0) is 16.0 Å². The lowest BCUT2D eigenvalue weighted by Gasteiger charge is -2.11. The molecule has 23 heavy (non-hydrogen) atoms. The number of benzene rings is 1. The van der Waals surface area contributed by atoms with Crippen LogP contribution in [-0.4, -0.2) is 37.8 Å². The van der Waals surface area contributed by atoms with E-state index < -0.39 is 11.9 Å². The number of carbonyl (C=O) groups is 2. The van der Waals surface area contributed by atoms with Crippen molar-refractivity contribution in [3.63, 3.8) is 0 Å². The van der Waals surface area contributed by atoms with E-state index in [4.69, 9.17) is 14.2 Å². The molecule has 0 bridgehead atoms. The minimum atomic E-state index is -0.642. The molecule has 2 rings (SSSR count). The van der Waals surface area contributed by atoms with E-state index in [2.05, 4.69) is 0 Å². The van der Waals surface area contributed by atoms with Crippen molar-refractivity contribution in [1.82, 2.24) is 4.57 Å². The number of nitrogens with zero attached hydrogens (tertiary/aromatic N) is 1. The van der Waals surface area contributed by atoms with E-state index >= 15 is 0 Å². The summed E-state index contributed by atoms with van der Waals surface area (Å²) in [6.07, 6.45) is 0. The lowest BCUT2D eigenvalue weighted by atomic mass is 10.1. The fourth-order valence-electron chi connectivity index (χ4n) is 2.52. The lowest BCUT2D eigenvalue weighted by Crippen LogP contribution is -2.11. The van der Waals surface area contributed by atoms with Gasteiger partial charge in [0.05, 0.1) is 33.4 Å². The quantitative estimate of drug-likeness (QED) is 0.792. The molecule has 0 saturated heterocycles. The Morgan fingerprint density at radius 1 is 0.957 bits per heavy atom. The second kappa shape index (κ2) is 7.00. The van der Waals surface area contributed by atoms with Crippen LogP contribution in [0.3, 0.4) is 0 Å². The van der Waals surface area contributed by atoms with Crippen LogP contribution in [0.15, 0.2) is 30.3 Å². The topological polar surface area (TPSA) is 66.8 Å². The fourth-order valence-corrected chi connectivity index (χ4v) is 2.52. The van der Waals surface area contributed by atoms with Crippen LogP contribution in [0.1, 0.15) is 32.0 Å². The van der Waals surface area contributed by atoms with Gasteiger partial charge in [0.2, 0.25) is 5.88 Å². The Bertz CT molecular complexity index is 718. The predicted molar refractivity (Wildman–Crippen MR) is 83.9 cm³/mol. The molecule has 0 saturated carbocycles. The van der Waals surface area contributed by atoms with Crippen LogP contribution in [0.2, 0.25) is 0 Å². The fraction of sp³-hybridized carbons (Fsp3) is 0.294. The van der Waals surface area contributed by atoms with Crippen LogP contribution in [0, 0.1) is 6.92 Å². The molecule has 0 aliphatic heterocycles. The third-order valence-electron chi connectivity index (χ3n) is 3.63. The van der Waals surface area contributed by atoms with Gasteiger partial charge in [0, 0.05) is 5.69 Å². The van der Waals surface area contributed by atoms with E-state index in [1.54, 1.807) is 11.5 Å². The summed E-state index contributed by atoms with van der Waals surface area (Å²) in [5.74, 6) is -0.969. The summed E-state index contributed by atoms with van der Waals surface area (Å²) < 4.78 is 16.7. The molecule has 122 valence electrons. The lowest BCUT2D eigenvalue weighted by molar-refractivity contribution is 0.0553. The minimum absolute atomic E-state index is 0.0790. The first-order chi connectivity index (χ1) is 11.0. The van der Waals surface area contributed by atoms with Crippen LogP contribution in [0.25, 0.3) is 0 Å². The molecule has 0 aliphatic carbocycles. The van der Waals surface area contributed by atoms with Gasteiger partial charge in [0.1, 0.15) is 5.56 Å². The molecule has 0 fully saturated rings. The third-order valence-corrected chi connectivity index (χ3v) is 3.63. The maximum atomic E-state index is 12.1. The highest BCUT2D eigenvalue weighted by atomic mass is 16.5. The molecule has 1 aromatic heterocycles. The first-order valence-electron chi connectivity index (χ1n) is 7.02. The number of ether oxygens (including phenoxy) is 3. The van der Waals surface area contributed by atoms with Crippen molar-refractivity contribution < 1.29 is 23.8 Å². The number of carbonyl (C=O) groups excluding carboxylic acids is 2. The van der Waals surface area contributed by atoms with Crippen molar-refractivity contribution in [3.05, 3.63) is 52.7 Å². The zero-order valence-corrected chi connectivity index (χ0v) is 13.6. The average Bonchev–Trinajstić information content (AvgIpc) is 2.86. The van der Waals surface area contributed by atoms with Crippen LogP contribution in [0.5, 0.6) is 5.88 Å². The standard InChI is InChI=1S/C17H19NO5/c1-11-13(16(19)22-3)14(17(20)23-4)15(21-2)18(11)10-12-8-6-5-7-9-12/h5-9H,10H2,1-4H3. The zero-order chi connectivity index (χ0) is 17.0. The van der Waals surface area contributed by atoms with E-state index in [9.17, 15) is 9.59 Å². The maximum Gasteiger partial charge on any atom is 0.344 e. The number of rotatable bonds is 5. The monoisotopic (exact) mass is 317 g/mol. The summed E-state index contributed by atoms with van der Waals surface area (Å²) in [6, 6.07) is 9.66. The van der Waals surface area contributed by atoms with Crippen molar-refractivity contribution >= 4 is 11.9 Å². The second-order valence-corrected chi connectivity index (χ2v) is 4.90. The van der Waals surface area contributed by atoms with E-state index in [-0.39, 0.29) is 17.0 Å². The molecular weight excluding hydrogens is 298 g/mol. The Morgan fingerprint density at radius 3 is 2.04 bits per heavy atom. The molecule has 2 aromatic rings. The van der Waals surface area contributed by atoms with Crippen molar-refractivity contribution in [2.75, 3.05) is 21.3 Å². The van der Waals surface area contributed by atoms with Crippen molar-refractivity contribution in [3.8, 4) is 5.88 Å². The molecule has 1 heterocycles. The highest BCUT2D eigenvalue weighted by Crippen LogP contribution is 2.31. The van der Waals surface area contributed by atoms with Gasteiger partial charge in [-0.25, -0.2) is 9.59 Å². The second-order valence-electron chi connectivity index (χ2n) is 4.90.